The summed E-state index contributed by atoms with van der Waals surface area (Å²) in [5, 5.41) is 12.0. The second-order valence-electron chi connectivity index (χ2n) is 3.94. The summed E-state index contributed by atoms with van der Waals surface area (Å²) in [6.45, 7) is 0. The first kappa shape index (κ1) is 12.1. The molecule has 0 radical (unpaired) electrons. The molecule has 0 bridgehead atoms. The molecule has 0 spiro atoms. The molecule has 19 heavy (non-hydrogen) atoms. The van der Waals surface area contributed by atoms with E-state index >= 15 is 0 Å². The van der Waals surface area contributed by atoms with Crippen molar-refractivity contribution in [1.82, 2.24) is 4.98 Å². The van der Waals surface area contributed by atoms with E-state index in [1.807, 2.05) is 24.3 Å². The highest BCUT2D eigenvalue weighted by Crippen LogP contribution is 2.34. The molecule has 94 valence electrons. The molecular weight excluding hydrogens is 282 g/mol. The summed E-state index contributed by atoms with van der Waals surface area (Å²) in [5.41, 5.74) is 1.32. The lowest BCUT2D eigenvalue weighted by Crippen LogP contribution is -2.23. The number of fused-ring (bicyclic) bond motifs is 1. The summed E-state index contributed by atoms with van der Waals surface area (Å²) in [6, 6.07) is 12.6. The van der Waals surface area contributed by atoms with Crippen LogP contribution in [0.3, 0.4) is 0 Å². The molecular formula is C14H7ClNO2S-. The van der Waals surface area contributed by atoms with E-state index in [0.29, 0.717) is 10.6 Å². The SMILES string of the molecule is O=C([O-])c1c(Cl)cccc1-c1nc2ccccc2s1. The van der Waals surface area contributed by atoms with Crippen LogP contribution in [-0.4, -0.2) is 11.0 Å². The predicted molar refractivity (Wildman–Crippen MR) is 74.4 cm³/mol. The highest BCUT2D eigenvalue weighted by molar-refractivity contribution is 7.21. The number of carboxylic acid groups (broad SMARTS) is 1. The van der Waals surface area contributed by atoms with E-state index in [2.05, 4.69) is 4.98 Å². The Bertz CT molecular complexity index is 749. The minimum Gasteiger partial charge on any atom is -0.545 e. The van der Waals surface area contributed by atoms with Gasteiger partial charge in [-0.05, 0) is 18.2 Å². The maximum absolute atomic E-state index is 11.2. The third-order valence-corrected chi connectivity index (χ3v) is 4.13. The number of carbonyl (C=O) groups is 1. The second-order valence-corrected chi connectivity index (χ2v) is 5.37. The van der Waals surface area contributed by atoms with Crippen molar-refractivity contribution in [2.75, 3.05) is 0 Å². The number of nitrogens with zero attached hydrogens (tertiary/aromatic N) is 1. The summed E-state index contributed by atoms with van der Waals surface area (Å²) in [4.78, 5) is 15.6. The maximum Gasteiger partial charge on any atom is 0.125 e. The summed E-state index contributed by atoms with van der Waals surface area (Å²) in [7, 11) is 0. The van der Waals surface area contributed by atoms with Crippen LogP contribution < -0.4 is 5.11 Å². The smallest absolute Gasteiger partial charge is 0.125 e. The van der Waals surface area contributed by atoms with Crippen LogP contribution >= 0.6 is 22.9 Å². The number of aromatic carboxylic acids is 1. The Morgan fingerprint density at radius 2 is 1.95 bits per heavy atom. The van der Waals surface area contributed by atoms with Crippen LogP contribution in [0.4, 0.5) is 0 Å². The lowest BCUT2D eigenvalue weighted by atomic mass is 10.1. The molecule has 0 atom stereocenters. The number of aromatic nitrogens is 1. The first-order valence-electron chi connectivity index (χ1n) is 5.52. The topological polar surface area (TPSA) is 53.0 Å². The Hall–Kier alpha value is -1.91. The Balaban J connectivity index is 2.27. The average molecular weight is 289 g/mol. The normalized spacial score (nSPS) is 10.8. The van der Waals surface area contributed by atoms with Gasteiger partial charge in [-0.2, -0.15) is 0 Å². The third kappa shape index (κ3) is 2.09. The zero-order valence-electron chi connectivity index (χ0n) is 9.59. The molecule has 3 nitrogen and oxygen atoms in total. The molecule has 3 aromatic rings. The molecule has 0 unspecified atom stereocenters. The van der Waals surface area contributed by atoms with Crippen LogP contribution in [-0.2, 0) is 0 Å². The quantitative estimate of drug-likeness (QED) is 0.728. The fourth-order valence-electron chi connectivity index (χ4n) is 1.90. The first-order valence-corrected chi connectivity index (χ1v) is 6.72. The van der Waals surface area contributed by atoms with E-state index in [1.165, 1.54) is 17.4 Å². The Morgan fingerprint density at radius 3 is 2.68 bits per heavy atom. The lowest BCUT2D eigenvalue weighted by molar-refractivity contribution is -0.254. The Morgan fingerprint density at radius 1 is 1.16 bits per heavy atom. The number of hydrogen-bond donors (Lipinski definition) is 0. The highest BCUT2D eigenvalue weighted by atomic mass is 35.5. The Kier molecular flexibility index (Phi) is 2.97. The summed E-state index contributed by atoms with van der Waals surface area (Å²) < 4.78 is 1.00. The van der Waals surface area contributed by atoms with Gasteiger partial charge in [0.2, 0.25) is 0 Å². The van der Waals surface area contributed by atoms with Crippen molar-refractivity contribution >= 4 is 39.1 Å². The van der Waals surface area contributed by atoms with E-state index < -0.39 is 5.97 Å². The van der Waals surface area contributed by atoms with E-state index in [9.17, 15) is 9.90 Å². The van der Waals surface area contributed by atoms with Gasteiger partial charge >= 0.3 is 0 Å². The van der Waals surface area contributed by atoms with Crippen LogP contribution in [0.5, 0.6) is 0 Å². The monoisotopic (exact) mass is 288 g/mol. The second kappa shape index (κ2) is 4.64. The first-order chi connectivity index (χ1) is 9.16. The minimum absolute atomic E-state index is 0.0109. The molecule has 0 aliphatic carbocycles. The van der Waals surface area contributed by atoms with Crippen molar-refractivity contribution < 1.29 is 9.90 Å². The molecule has 0 aliphatic rings. The average Bonchev–Trinajstić information content (AvgIpc) is 2.81. The van der Waals surface area contributed by atoms with E-state index in [4.69, 9.17) is 11.6 Å². The number of halogens is 1. The predicted octanol–water partition coefficient (Wildman–Crippen LogP) is 2.98. The van der Waals surface area contributed by atoms with Gasteiger partial charge in [-0.3, -0.25) is 0 Å². The fourth-order valence-corrected chi connectivity index (χ4v) is 3.15. The minimum atomic E-state index is -1.29. The molecule has 1 heterocycles. The fraction of sp³-hybridized carbons (Fsp3) is 0. The molecule has 3 rings (SSSR count). The van der Waals surface area contributed by atoms with Gasteiger partial charge in [0.05, 0.1) is 21.2 Å². The van der Waals surface area contributed by atoms with Crippen LogP contribution in [0.25, 0.3) is 20.8 Å². The van der Waals surface area contributed by atoms with Gasteiger partial charge in [0, 0.05) is 11.1 Å². The third-order valence-electron chi connectivity index (χ3n) is 2.74. The molecule has 5 heteroatoms. The number of benzene rings is 2. The zero-order valence-corrected chi connectivity index (χ0v) is 11.2. The van der Waals surface area contributed by atoms with Crippen LogP contribution in [0, 0.1) is 0 Å². The molecule has 0 saturated heterocycles. The zero-order chi connectivity index (χ0) is 13.4. The summed E-state index contributed by atoms with van der Waals surface area (Å²) >= 11 is 7.36. The molecule has 0 saturated carbocycles. The molecule has 0 fully saturated rings. The molecule has 0 amide bonds. The summed E-state index contributed by atoms with van der Waals surface area (Å²) in [6.07, 6.45) is 0. The number of para-hydroxylation sites is 1. The van der Waals surface area contributed by atoms with Crippen LogP contribution in [0.15, 0.2) is 42.5 Å². The number of rotatable bonds is 2. The van der Waals surface area contributed by atoms with Crippen molar-refractivity contribution in [3.8, 4) is 10.6 Å². The lowest BCUT2D eigenvalue weighted by Gasteiger charge is -2.09. The summed E-state index contributed by atoms with van der Waals surface area (Å²) in [5.74, 6) is -1.29. The van der Waals surface area contributed by atoms with E-state index in [0.717, 1.165) is 10.2 Å². The molecule has 2 aromatic carbocycles. The van der Waals surface area contributed by atoms with Crippen molar-refractivity contribution in [1.29, 1.82) is 0 Å². The number of hydrogen-bond acceptors (Lipinski definition) is 4. The van der Waals surface area contributed by atoms with Gasteiger partial charge in [-0.15, -0.1) is 11.3 Å². The van der Waals surface area contributed by atoms with Crippen molar-refractivity contribution in [3.05, 3.63) is 53.1 Å². The van der Waals surface area contributed by atoms with Crippen LogP contribution in [0.1, 0.15) is 10.4 Å². The molecule has 0 N–H and O–H groups in total. The maximum atomic E-state index is 11.2. The van der Waals surface area contributed by atoms with Crippen LogP contribution in [0.2, 0.25) is 5.02 Å². The number of carbonyl (C=O) groups excluding carboxylic acids is 1. The number of thiazole rings is 1. The largest absolute Gasteiger partial charge is 0.545 e. The van der Waals surface area contributed by atoms with Gasteiger partial charge in [-0.1, -0.05) is 35.9 Å². The standard InChI is InChI=1S/C14H8ClNO2S/c15-9-5-3-4-8(12(9)14(17)18)13-16-10-6-1-2-7-11(10)19-13/h1-7H,(H,17,18)/p-1. The van der Waals surface area contributed by atoms with Gasteiger partial charge < -0.3 is 9.90 Å². The van der Waals surface area contributed by atoms with E-state index in [-0.39, 0.29) is 10.6 Å². The highest BCUT2D eigenvalue weighted by Gasteiger charge is 2.13. The van der Waals surface area contributed by atoms with Gasteiger partial charge in [0.1, 0.15) is 5.01 Å². The molecule has 1 aromatic heterocycles. The van der Waals surface area contributed by atoms with Crippen molar-refractivity contribution in [2.45, 2.75) is 0 Å². The van der Waals surface area contributed by atoms with Gasteiger partial charge in [0.15, 0.2) is 0 Å². The van der Waals surface area contributed by atoms with Crippen molar-refractivity contribution in [2.24, 2.45) is 0 Å². The van der Waals surface area contributed by atoms with Gasteiger partial charge in [0.25, 0.3) is 0 Å². The van der Waals surface area contributed by atoms with Crippen molar-refractivity contribution in [3.63, 3.8) is 0 Å². The molecule has 0 aliphatic heterocycles. The Labute approximate surface area is 118 Å². The number of carboxylic acids is 1. The van der Waals surface area contributed by atoms with Gasteiger partial charge in [-0.25, -0.2) is 4.98 Å². The van der Waals surface area contributed by atoms with E-state index in [1.54, 1.807) is 12.1 Å².